The maximum Gasteiger partial charge on any atom is 0.222 e. The molecule has 0 aliphatic carbocycles. The predicted molar refractivity (Wildman–Crippen MR) is 96.3 cm³/mol. The molecule has 2 N–H and O–H groups in total. The van der Waals surface area contributed by atoms with Gasteiger partial charge in [-0.15, -0.1) is 0 Å². The van der Waals surface area contributed by atoms with E-state index in [4.69, 9.17) is 4.74 Å². The van der Waals surface area contributed by atoms with Crippen molar-refractivity contribution in [2.24, 2.45) is 4.99 Å². The van der Waals surface area contributed by atoms with Gasteiger partial charge >= 0.3 is 0 Å². The highest BCUT2D eigenvalue weighted by Gasteiger charge is 2.25. The molecule has 0 aromatic heterocycles. The van der Waals surface area contributed by atoms with Gasteiger partial charge in [0.05, 0.1) is 6.61 Å². The van der Waals surface area contributed by atoms with Crippen molar-refractivity contribution < 1.29 is 13.9 Å². The number of likely N-dealkylation sites (tertiary alicyclic amines) is 1. The van der Waals surface area contributed by atoms with Gasteiger partial charge in [0.1, 0.15) is 11.6 Å². The number of carbonyl (C=O) groups excluding carboxylic acids is 1. The molecule has 1 atom stereocenters. The molecule has 0 radical (unpaired) electrons. The number of benzene rings is 1. The van der Waals surface area contributed by atoms with E-state index in [0.29, 0.717) is 25.3 Å². The maximum atomic E-state index is 12.8. The SMILES string of the molecule is CCC(=O)N1CCC(NC(=NC)NCCCOc2ccc(F)cc2)C1. The van der Waals surface area contributed by atoms with Crippen molar-refractivity contribution in [1.82, 2.24) is 15.5 Å². The summed E-state index contributed by atoms with van der Waals surface area (Å²) in [5, 5.41) is 6.60. The van der Waals surface area contributed by atoms with Crippen LogP contribution >= 0.6 is 0 Å². The highest BCUT2D eigenvalue weighted by Crippen LogP contribution is 2.11. The molecule has 1 saturated heterocycles. The van der Waals surface area contributed by atoms with Crippen molar-refractivity contribution in [3.63, 3.8) is 0 Å². The normalized spacial score (nSPS) is 17.5. The molecule has 2 rings (SSSR count). The van der Waals surface area contributed by atoms with E-state index in [0.717, 1.165) is 31.9 Å². The van der Waals surface area contributed by atoms with Crippen molar-refractivity contribution in [3.8, 4) is 5.75 Å². The molecule has 1 aromatic carbocycles. The van der Waals surface area contributed by atoms with Gasteiger partial charge in [0, 0.05) is 39.1 Å². The van der Waals surface area contributed by atoms with Gasteiger partial charge in [-0.2, -0.15) is 0 Å². The first-order valence-corrected chi connectivity index (χ1v) is 8.75. The van der Waals surface area contributed by atoms with E-state index < -0.39 is 0 Å². The minimum absolute atomic E-state index is 0.199. The highest BCUT2D eigenvalue weighted by molar-refractivity contribution is 5.80. The van der Waals surface area contributed by atoms with Crippen LogP contribution in [0.2, 0.25) is 0 Å². The average Bonchev–Trinajstić information content (AvgIpc) is 3.10. The fourth-order valence-electron chi connectivity index (χ4n) is 2.72. The van der Waals surface area contributed by atoms with E-state index in [1.54, 1.807) is 19.2 Å². The Kier molecular flexibility index (Phi) is 7.50. The quantitative estimate of drug-likeness (QED) is 0.447. The number of aliphatic imine (C=N–C) groups is 1. The molecule has 6 nitrogen and oxygen atoms in total. The smallest absolute Gasteiger partial charge is 0.222 e. The Labute approximate surface area is 148 Å². The van der Waals surface area contributed by atoms with E-state index in [1.165, 1.54) is 12.1 Å². The molecule has 1 unspecified atom stereocenters. The lowest BCUT2D eigenvalue weighted by Crippen LogP contribution is -2.45. The van der Waals surface area contributed by atoms with E-state index in [1.807, 2.05) is 11.8 Å². The molecule has 0 spiro atoms. The lowest BCUT2D eigenvalue weighted by Gasteiger charge is -2.18. The van der Waals surface area contributed by atoms with Gasteiger partial charge in [0.2, 0.25) is 5.91 Å². The Morgan fingerprint density at radius 3 is 2.84 bits per heavy atom. The summed E-state index contributed by atoms with van der Waals surface area (Å²) in [7, 11) is 1.73. The molecule has 7 heteroatoms. The number of amides is 1. The number of guanidine groups is 1. The van der Waals surface area contributed by atoms with Crippen LogP contribution in [0.25, 0.3) is 0 Å². The van der Waals surface area contributed by atoms with Crippen molar-refractivity contribution >= 4 is 11.9 Å². The molecule has 25 heavy (non-hydrogen) atoms. The van der Waals surface area contributed by atoms with Gasteiger partial charge in [-0.05, 0) is 37.1 Å². The predicted octanol–water partition coefficient (Wildman–Crippen LogP) is 1.77. The Morgan fingerprint density at radius 2 is 2.16 bits per heavy atom. The first-order chi connectivity index (χ1) is 12.1. The van der Waals surface area contributed by atoms with Gasteiger partial charge in [-0.25, -0.2) is 4.39 Å². The number of carbonyl (C=O) groups is 1. The second kappa shape index (κ2) is 9.86. The summed E-state index contributed by atoms with van der Waals surface area (Å²) in [5.41, 5.74) is 0. The second-order valence-electron chi connectivity index (χ2n) is 5.98. The lowest BCUT2D eigenvalue weighted by molar-refractivity contribution is -0.129. The fourth-order valence-corrected chi connectivity index (χ4v) is 2.72. The third kappa shape index (κ3) is 6.25. The highest BCUT2D eigenvalue weighted by atomic mass is 19.1. The van der Waals surface area contributed by atoms with E-state index in [2.05, 4.69) is 15.6 Å². The van der Waals surface area contributed by atoms with Crippen molar-refractivity contribution in [3.05, 3.63) is 30.1 Å². The summed E-state index contributed by atoms with van der Waals surface area (Å²) in [4.78, 5) is 17.8. The molecule has 0 bridgehead atoms. The standard InChI is InChI=1S/C18H27FN4O2/c1-3-17(24)23-11-9-15(13-23)22-18(20-2)21-10-4-12-25-16-7-5-14(19)6-8-16/h5-8,15H,3-4,9-13H2,1-2H3,(H2,20,21,22). The van der Waals surface area contributed by atoms with Crippen LogP contribution in [0.3, 0.4) is 0 Å². The Hall–Kier alpha value is -2.31. The van der Waals surface area contributed by atoms with Crippen LogP contribution in [0.15, 0.2) is 29.3 Å². The molecule has 138 valence electrons. The van der Waals surface area contributed by atoms with Crippen molar-refractivity contribution in [2.75, 3.05) is 33.3 Å². The monoisotopic (exact) mass is 350 g/mol. The summed E-state index contributed by atoms with van der Waals surface area (Å²) < 4.78 is 18.4. The first kappa shape index (κ1) is 19.0. The number of nitrogens with one attached hydrogen (secondary N) is 2. The summed E-state index contributed by atoms with van der Waals surface area (Å²) in [6, 6.07) is 6.23. The van der Waals surface area contributed by atoms with Crippen LogP contribution in [-0.4, -0.2) is 56.1 Å². The number of halogens is 1. The van der Waals surface area contributed by atoms with Crippen LogP contribution in [0.1, 0.15) is 26.2 Å². The minimum atomic E-state index is -0.269. The fraction of sp³-hybridized carbons (Fsp3) is 0.556. The zero-order valence-electron chi connectivity index (χ0n) is 14.9. The molecular formula is C18H27FN4O2. The number of rotatable bonds is 7. The third-order valence-electron chi connectivity index (χ3n) is 4.10. The van der Waals surface area contributed by atoms with Crippen LogP contribution in [-0.2, 0) is 4.79 Å². The average molecular weight is 350 g/mol. The zero-order valence-corrected chi connectivity index (χ0v) is 14.9. The largest absolute Gasteiger partial charge is 0.494 e. The van der Waals surface area contributed by atoms with Crippen LogP contribution in [0.5, 0.6) is 5.75 Å². The molecule has 1 fully saturated rings. The van der Waals surface area contributed by atoms with Crippen molar-refractivity contribution in [2.45, 2.75) is 32.2 Å². The first-order valence-electron chi connectivity index (χ1n) is 8.75. The van der Waals surface area contributed by atoms with Gasteiger partial charge in [0.25, 0.3) is 0 Å². The number of ether oxygens (including phenoxy) is 1. The van der Waals surface area contributed by atoms with Crippen molar-refractivity contribution in [1.29, 1.82) is 0 Å². The van der Waals surface area contributed by atoms with E-state index in [-0.39, 0.29) is 17.8 Å². The Balaban J connectivity index is 1.62. The number of hydrogen-bond donors (Lipinski definition) is 2. The van der Waals surface area contributed by atoms with E-state index >= 15 is 0 Å². The zero-order chi connectivity index (χ0) is 18.1. The van der Waals surface area contributed by atoms with Gasteiger partial charge < -0.3 is 20.3 Å². The topological polar surface area (TPSA) is 66.0 Å². The molecule has 1 aliphatic heterocycles. The molecule has 1 amide bonds. The Bertz CT molecular complexity index is 577. The van der Waals surface area contributed by atoms with Gasteiger partial charge in [-0.1, -0.05) is 6.92 Å². The molecular weight excluding hydrogens is 323 g/mol. The summed E-state index contributed by atoms with van der Waals surface area (Å²) in [5.74, 6) is 1.33. The summed E-state index contributed by atoms with van der Waals surface area (Å²) in [6.07, 6.45) is 2.27. The number of hydrogen-bond acceptors (Lipinski definition) is 3. The van der Waals surface area contributed by atoms with E-state index in [9.17, 15) is 9.18 Å². The summed E-state index contributed by atoms with van der Waals surface area (Å²) in [6.45, 7) is 4.66. The Morgan fingerprint density at radius 1 is 1.40 bits per heavy atom. The molecule has 1 heterocycles. The third-order valence-corrected chi connectivity index (χ3v) is 4.10. The lowest BCUT2D eigenvalue weighted by atomic mass is 10.3. The van der Waals surface area contributed by atoms with Crippen LogP contribution in [0.4, 0.5) is 4.39 Å². The van der Waals surface area contributed by atoms with Gasteiger partial charge in [-0.3, -0.25) is 9.79 Å². The molecule has 1 aliphatic rings. The molecule has 0 saturated carbocycles. The second-order valence-corrected chi connectivity index (χ2v) is 5.98. The summed E-state index contributed by atoms with van der Waals surface area (Å²) >= 11 is 0. The van der Waals surface area contributed by atoms with Crippen LogP contribution < -0.4 is 15.4 Å². The maximum absolute atomic E-state index is 12.8. The number of nitrogens with zero attached hydrogens (tertiary/aromatic N) is 2. The minimum Gasteiger partial charge on any atom is -0.494 e. The van der Waals surface area contributed by atoms with Gasteiger partial charge in [0.15, 0.2) is 5.96 Å². The van der Waals surface area contributed by atoms with Crippen LogP contribution in [0, 0.1) is 5.82 Å². The molecule has 1 aromatic rings.